The minimum atomic E-state index is -4.49. The first-order valence-electron chi connectivity index (χ1n) is 10.9. The zero-order chi connectivity index (χ0) is 26.1. The van der Waals surface area contributed by atoms with E-state index >= 15 is 8.78 Å². The normalized spacial score (nSPS) is 22.1. The van der Waals surface area contributed by atoms with E-state index in [2.05, 4.69) is 4.72 Å². The van der Waals surface area contributed by atoms with Gasteiger partial charge in [-0.2, -0.15) is 8.78 Å². The Hall–Kier alpha value is -2.48. The highest BCUT2D eigenvalue weighted by Gasteiger charge is 2.59. The number of nitrogens with zero attached hydrogens (tertiary/aromatic N) is 1. The average molecular weight is 518 g/mol. The molecule has 4 amide bonds. The van der Waals surface area contributed by atoms with Gasteiger partial charge in [-0.1, -0.05) is 12.1 Å². The van der Waals surface area contributed by atoms with Crippen molar-refractivity contribution in [2.75, 3.05) is 13.2 Å². The van der Waals surface area contributed by atoms with Gasteiger partial charge in [0.1, 0.15) is 16.6 Å². The van der Waals surface area contributed by atoms with Crippen LogP contribution in [0.5, 0.6) is 0 Å². The first-order chi connectivity index (χ1) is 16.2. The molecule has 3 rings (SSSR count). The van der Waals surface area contributed by atoms with Crippen LogP contribution in [0.15, 0.2) is 24.3 Å². The molecule has 13 heteroatoms. The van der Waals surface area contributed by atoms with E-state index < -0.39 is 75.0 Å². The Labute approximate surface area is 203 Å². The molecule has 2 saturated heterocycles. The number of nitrogens with one attached hydrogen (secondary N) is 2. The van der Waals surface area contributed by atoms with Crippen molar-refractivity contribution in [2.24, 2.45) is 5.92 Å². The summed E-state index contributed by atoms with van der Waals surface area (Å²) in [6, 6.07) is -0.213. The van der Waals surface area contributed by atoms with Gasteiger partial charge in [-0.05, 0) is 51.3 Å². The maximum atomic E-state index is 15.7. The molecule has 0 bridgehead atoms. The monoisotopic (exact) mass is 517 g/mol. The average Bonchev–Trinajstić information content (AvgIpc) is 2.76. The van der Waals surface area contributed by atoms with Crippen molar-refractivity contribution in [1.82, 2.24) is 14.9 Å². The number of rotatable bonds is 7. The van der Waals surface area contributed by atoms with Crippen LogP contribution in [0.1, 0.15) is 45.2 Å². The van der Waals surface area contributed by atoms with Crippen molar-refractivity contribution < 1.29 is 41.6 Å². The first-order valence-corrected chi connectivity index (χ1v) is 12.0. The zero-order valence-corrected chi connectivity index (χ0v) is 20.1. The molecule has 0 saturated carbocycles. The van der Waals surface area contributed by atoms with Crippen LogP contribution in [-0.2, 0) is 30.5 Å². The number of alkyl halides is 2. The van der Waals surface area contributed by atoms with Gasteiger partial charge in [0, 0.05) is 30.6 Å². The van der Waals surface area contributed by atoms with E-state index in [4.69, 9.17) is 4.74 Å². The van der Waals surface area contributed by atoms with Crippen LogP contribution >= 0.6 is 0 Å². The largest absolute Gasteiger partial charge is 0.598 e. The minimum absolute atomic E-state index is 0.203. The van der Waals surface area contributed by atoms with Crippen LogP contribution in [0.2, 0.25) is 0 Å². The highest BCUT2D eigenvalue weighted by atomic mass is 32.2. The first kappa shape index (κ1) is 27.1. The Bertz CT molecular complexity index is 1010. The van der Waals surface area contributed by atoms with Gasteiger partial charge in [0.15, 0.2) is 5.92 Å². The molecule has 0 unspecified atom stereocenters. The lowest BCUT2D eigenvalue weighted by Crippen LogP contribution is -2.65. The number of carbonyl (C=O) groups is 4. The molecule has 192 valence electrons. The molecule has 2 heterocycles. The SMILES string of the molecule is CC(C)(C)[S@+]([O-])N[C@@H](c1cccc(F)c1)C(F)(F)C(=O)[C@H]1C(=O)NC(=O)N(C2CCOCC2)C1=O. The van der Waals surface area contributed by atoms with E-state index in [9.17, 15) is 28.1 Å². The highest BCUT2D eigenvalue weighted by Crippen LogP contribution is 2.38. The molecule has 35 heavy (non-hydrogen) atoms. The number of Topliss-reactive ketones (excluding diaryl/α,β-unsaturated/α-hetero) is 1. The van der Waals surface area contributed by atoms with Gasteiger partial charge in [0.2, 0.25) is 11.7 Å². The standard InChI is InChI=1S/C22H26F3N3O6S/c1-21(2,3)35(33)27-16(12-5-4-6-13(23)11-12)22(24,25)17(29)15-18(30)26-20(32)28(19(15)31)14-7-9-34-10-8-14/h4-6,11,14-16,27H,7-10H2,1-3H3,(H,26,30,32)/t15-,16-,35-/m0/s1. The topological polar surface area (TPSA) is 128 Å². The number of amides is 4. The Morgan fingerprint density at radius 2 is 1.86 bits per heavy atom. The van der Waals surface area contributed by atoms with Gasteiger partial charge >= 0.3 is 12.0 Å². The summed E-state index contributed by atoms with van der Waals surface area (Å²) in [6.45, 7) is 4.89. The molecule has 1 aromatic carbocycles. The molecular formula is C22H26F3N3O6S. The third kappa shape index (κ3) is 5.68. The number of urea groups is 1. The summed E-state index contributed by atoms with van der Waals surface area (Å²) in [5.41, 5.74) is -0.415. The van der Waals surface area contributed by atoms with Gasteiger partial charge in [0.25, 0.3) is 5.91 Å². The maximum absolute atomic E-state index is 15.7. The lowest BCUT2D eigenvalue weighted by molar-refractivity contribution is -0.162. The zero-order valence-electron chi connectivity index (χ0n) is 19.3. The van der Waals surface area contributed by atoms with Crippen molar-refractivity contribution in [3.8, 4) is 0 Å². The second kappa shape index (κ2) is 10.2. The molecule has 2 N–H and O–H groups in total. The Kier molecular flexibility index (Phi) is 7.94. The van der Waals surface area contributed by atoms with Crippen molar-refractivity contribution in [3.05, 3.63) is 35.6 Å². The number of carbonyl (C=O) groups excluding carboxylic acids is 4. The summed E-state index contributed by atoms with van der Waals surface area (Å²) in [6.07, 6.45) is 0.422. The van der Waals surface area contributed by atoms with E-state index in [1.807, 2.05) is 0 Å². The van der Waals surface area contributed by atoms with Crippen LogP contribution in [0.4, 0.5) is 18.0 Å². The smallest absolute Gasteiger partial charge is 0.331 e. The van der Waals surface area contributed by atoms with Crippen molar-refractivity contribution in [3.63, 3.8) is 0 Å². The predicted octanol–water partition coefficient (Wildman–Crippen LogP) is 2.00. The number of ketones is 1. The van der Waals surface area contributed by atoms with Crippen LogP contribution in [-0.4, -0.2) is 63.0 Å². The quantitative estimate of drug-likeness (QED) is 0.418. The predicted molar refractivity (Wildman–Crippen MR) is 118 cm³/mol. The van der Waals surface area contributed by atoms with E-state index in [-0.39, 0.29) is 26.1 Å². The van der Waals surface area contributed by atoms with Gasteiger partial charge in [0.05, 0.1) is 0 Å². The Morgan fingerprint density at radius 3 is 2.43 bits per heavy atom. The molecule has 3 atom stereocenters. The maximum Gasteiger partial charge on any atom is 0.331 e. The summed E-state index contributed by atoms with van der Waals surface area (Å²) in [5.74, 6) is -12.9. The number of barbiturate groups is 1. The van der Waals surface area contributed by atoms with Crippen LogP contribution in [0, 0.1) is 11.7 Å². The van der Waals surface area contributed by atoms with Gasteiger partial charge < -0.3 is 9.29 Å². The minimum Gasteiger partial charge on any atom is -0.598 e. The lowest BCUT2D eigenvalue weighted by atomic mass is 9.88. The van der Waals surface area contributed by atoms with Crippen molar-refractivity contribution >= 4 is 35.0 Å². The Morgan fingerprint density at radius 1 is 1.23 bits per heavy atom. The molecular weight excluding hydrogens is 491 g/mol. The summed E-state index contributed by atoms with van der Waals surface area (Å²) in [4.78, 5) is 51.5. The molecule has 2 aliphatic heterocycles. The van der Waals surface area contributed by atoms with Crippen molar-refractivity contribution in [2.45, 2.75) is 56.4 Å². The molecule has 9 nitrogen and oxygen atoms in total. The molecule has 0 aromatic heterocycles. The second-order valence-electron chi connectivity index (χ2n) is 9.25. The fraction of sp³-hybridized carbons (Fsp3) is 0.545. The summed E-state index contributed by atoms with van der Waals surface area (Å²) in [5, 5.41) is 1.80. The van der Waals surface area contributed by atoms with E-state index in [1.165, 1.54) is 20.8 Å². The number of hydrogen-bond donors (Lipinski definition) is 2. The van der Waals surface area contributed by atoms with E-state index in [1.54, 1.807) is 5.32 Å². The molecule has 0 radical (unpaired) electrons. The third-order valence-corrected chi connectivity index (χ3v) is 7.23. The molecule has 0 spiro atoms. The second-order valence-corrected chi connectivity index (χ2v) is 11.3. The molecule has 1 aromatic rings. The van der Waals surface area contributed by atoms with Crippen LogP contribution < -0.4 is 10.0 Å². The molecule has 2 fully saturated rings. The van der Waals surface area contributed by atoms with Crippen LogP contribution in [0.3, 0.4) is 0 Å². The van der Waals surface area contributed by atoms with E-state index in [0.717, 1.165) is 24.3 Å². The summed E-state index contributed by atoms with van der Waals surface area (Å²) < 4.78 is 64.3. The van der Waals surface area contributed by atoms with Gasteiger partial charge in [-0.3, -0.25) is 24.6 Å². The fourth-order valence-electron chi connectivity index (χ4n) is 3.77. The number of imide groups is 2. The Balaban J connectivity index is 1.98. The van der Waals surface area contributed by atoms with Crippen LogP contribution in [0.25, 0.3) is 0 Å². The van der Waals surface area contributed by atoms with Crippen molar-refractivity contribution in [1.29, 1.82) is 0 Å². The molecule has 2 aliphatic rings. The third-order valence-electron chi connectivity index (χ3n) is 5.67. The summed E-state index contributed by atoms with van der Waals surface area (Å²) in [7, 11) is 0. The number of halogens is 3. The van der Waals surface area contributed by atoms with E-state index in [0.29, 0.717) is 4.90 Å². The number of ether oxygens (including phenoxy) is 1. The van der Waals surface area contributed by atoms with Gasteiger partial charge in [-0.25, -0.2) is 9.18 Å². The molecule has 0 aliphatic carbocycles. The number of hydrogen-bond acceptors (Lipinski definition) is 7. The fourth-order valence-corrected chi connectivity index (χ4v) is 4.62. The highest BCUT2D eigenvalue weighted by molar-refractivity contribution is 7.90. The number of benzene rings is 1. The lowest BCUT2D eigenvalue weighted by Gasteiger charge is -2.38. The summed E-state index contributed by atoms with van der Waals surface area (Å²) >= 11 is -2.15. The van der Waals surface area contributed by atoms with Gasteiger partial charge in [-0.15, -0.1) is 4.72 Å².